The number of carbonyl (C=O) groups is 2. The average molecular weight is 338 g/mol. The van der Waals surface area contributed by atoms with Crippen molar-refractivity contribution >= 4 is 28.3 Å². The number of hydrogen-bond acceptors (Lipinski definition) is 3. The van der Waals surface area contributed by atoms with Gasteiger partial charge in [-0.3, -0.25) is 14.4 Å². The first-order valence-corrected chi connectivity index (χ1v) is 7.58. The number of rotatable bonds is 3. The molecule has 1 aromatic heterocycles. The van der Waals surface area contributed by atoms with Crippen molar-refractivity contribution in [3.63, 3.8) is 0 Å². The monoisotopic (exact) mass is 338 g/mol. The molecule has 0 fully saturated rings. The van der Waals surface area contributed by atoms with Gasteiger partial charge in [-0.1, -0.05) is 12.1 Å². The molecule has 3 aromatic rings. The predicted octanol–water partition coefficient (Wildman–Crippen LogP) is 3.13. The smallest absolute Gasteiger partial charge is 0.261 e. The first-order valence-electron chi connectivity index (χ1n) is 7.58. The first kappa shape index (κ1) is 16.6. The summed E-state index contributed by atoms with van der Waals surface area (Å²) in [5, 5.41) is 2.71. The number of nitrogens with zero attached hydrogens (tertiary/aromatic N) is 1. The normalized spacial score (nSPS) is 10.7. The van der Waals surface area contributed by atoms with Gasteiger partial charge in [0.25, 0.3) is 5.91 Å². The van der Waals surface area contributed by atoms with Crippen molar-refractivity contribution in [3.05, 3.63) is 75.8 Å². The maximum absolute atomic E-state index is 13.5. The summed E-state index contributed by atoms with van der Waals surface area (Å²) in [5.41, 5.74) is 0.498. The summed E-state index contributed by atoms with van der Waals surface area (Å²) in [6, 6.07) is 10.4. The van der Waals surface area contributed by atoms with Gasteiger partial charge in [-0.15, -0.1) is 0 Å². The third-order valence-corrected chi connectivity index (χ3v) is 3.95. The van der Waals surface area contributed by atoms with Crippen LogP contribution in [0.15, 0.2) is 53.5 Å². The Labute approximate surface area is 142 Å². The highest BCUT2D eigenvalue weighted by molar-refractivity contribution is 6.09. The molecule has 0 aliphatic heterocycles. The van der Waals surface area contributed by atoms with Gasteiger partial charge in [0, 0.05) is 24.2 Å². The minimum Gasteiger partial charge on any atom is -0.350 e. The summed E-state index contributed by atoms with van der Waals surface area (Å²) in [6.07, 6.45) is 1.40. The third kappa shape index (κ3) is 3.06. The van der Waals surface area contributed by atoms with Gasteiger partial charge in [0.2, 0.25) is 5.43 Å². The zero-order valence-corrected chi connectivity index (χ0v) is 13.7. The van der Waals surface area contributed by atoms with Gasteiger partial charge < -0.3 is 9.88 Å². The molecule has 1 heterocycles. The van der Waals surface area contributed by atoms with E-state index in [4.69, 9.17) is 0 Å². The van der Waals surface area contributed by atoms with Gasteiger partial charge >= 0.3 is 0 Å². The van der Waals surface area contributed by atoms with E-state index in [2.05, 4.69) is 5.32 Å². The van der Waals surface area contributed by atoms with Crippen LogP contribution in [0, 0.1) is 5.82 Å². The number of anilines is 1. The number of halogens is 1. The second-order valence-electron chi connectivity index (χ2n) is 5.70. The number of benzene rings is 2. The Hall–Kier alpha value is -3.28. The minimum atomic E-state index is -0.652. The van der Waals surface area contributed by atoms with E-state index < -0.39 is 17.2 Å². The second kappa shape index (κ2) is 6.32. The lowest BCUT2D eigenvalue weighted by Gasteiger charge is -2.11. The van der Waals surface area contributed by atoms with Crippen LogP contribution >= 0.6 is 0 Å². The van der Waals surface area contributed by atoms with E-state index in [0.29, 0.717) is 16.8 Å². The van der Waals surface area contributed by atoms with E-state index in [-0.39, 0.29) is 16.7 Å². The molecule has 0 atom stereocenters. The number of aromatic nitrogens is 1. The van der Waals surface area contributed by atoms with E-state index in [0.717, 1.165) is 6.07 Å². The molecule has 2 aromatic carbocycles. The number of amides is 1. The number of carbonyl (C=O) groups excluding carboxylic acids is 2. The topological polar surface area (TPSA) is 68.2 Å². The van der Waals surface area contributed by atoms with Crippen molar-refractivity contribution in [2.75, 3.05) is 5.32 Å². The van der Waals surface area contributed by atoms with E-state index in [1.165, 1.54) is 25.3 Å². The van der Waals surface area contributed by atoms with Gasteiger partial charge in [0.05, 0.1) is 11.2 Å². The molecule has 0 radical (unpaired) electrons. The number of aryl methyl sites for hydroxylation is 1. The third-order valence-electron chi connectivity index (χ3n) is 3.95. The van der Waals surface area contributed by atoms with Gasteiger partial charge in [0.15, 0.2) is 5.78 Å². The molecule has 6 heteroatoms. The number of fused-ring (bicyclic) bond motifs is 1. The van der Waals surface area contributed by atoms with E-state index in [9.17, 15) is 18.8 Å². The molecule has 0 saturated heterocycles. The maximum atomic E-state index is 13.5. The quantitative estimate of drug-likeness (QED) is 0.746. The molecule has 3 rings (SSSR count). The maximum Gasteiger partial charge on any atom is 0.261 e. The van der Waals surface area contributed by atoms with E-state index in [1.54, 1.807) is 35.9 Å². The van der Waals surface area contributed by atoms with Gasteiger partial charge in [-0.2, -0.15) is 0 Å². The van der Waals surface area contributed by atoms with Crippen molar-refractivity contribution in [3.8, 4) is 0 Å². The second-order valence-corrected chi connectivity index (χ2v) is 5.70. The SMILES string of the molecule is CC(=O)c1ccccc1NC(=O)c1cn(C)c2ccc(F)cc2c1=O. The molecule has 25 heavy (non-hydrogen) atoms. The van der Waals surface area contributed by atoms with Crippen LogP contribution in [0.2, 0.25) is 0 Å². The lowest BCUT2D eigenvalue weighted by molar-refractivity contribution is 0.101. The van der Waals surface area contributed by atoms with Crippen molar-refractivity contribution in [1.82, 2.24) is 4.57 Å². The summed E-state index contributed by atoms with van der Waals surface area (Å²) in [7, 11) is 1.67. The Morgan fingerprint density at radius 1 is 1.08 bits per heavy atom. The Morgan fingerprint density at radius 3 is 2.52 bits per heavy atom. The van der Waals surface area contributed by atoms with Crippen LogP contribution in [0.3, 0.4) is 0 Å². The highest BCUT2D eigenvalue weighted by Gasteiger charge is 2.17. The predicted molar refractivity (Wildman–Crippen MR) is 93.5 cm³/mol. The van der Waals surface area contributed by atoms with Crippen LogP contribution < -0.4 is 10.7 Å². The summed E-state index contributed by atoms with van der Waals surface area (Å²) < 4.78 is 15.1. The van der Waals surface area contributed by atoms with Gasteiger partial charge in [0.1, 0.15) is 11.4 Å². The number of hydrogen-bond donors (Lipinski definition) is 1. The van der Waals surface area contributed by atoms with Crippen LogP contribution in [0.1, 0.15) is 27.6 Å². The number of nitrogens with one attached hydrogen (secondary N) is 1. The van der Waals surface area contributed by atoms with Crippen molar-refractivity contribution in [1.29, 1.82) is 0 Å². The largest absolute Gasteiger partial charge is 0.350 e. The molecular formula is C19H15FN2O3. The van der Waals surface area contributed by atoms with E-state index >= 15 is 0 Å². The highest BCUT2D eigenvalue weighted by atomic mass is 19.1. The molecule has 5 nitrogen and oxygen atoms in total. The van der Waals surface area contributed by atoms with Crippen molar-refractivity contribution in [2.45, 2.75) is 6.92 Å². The Balaban J connectivity index is 2.08. The lowest BCUT2D eigenvalue weighted by atomic mass is 10.1. The zero-order valence-electron chi connectivity index (χ0n) is 13.7. The van der Waals surface area contributed by atoms with Gasteiger partial charge in [-0.25, -0.2) is 4.39 Å². The highest BCUT2D eigenvalue weighted by Crippen LogP contribution is 2.17. The summed E-state index contributed by atoms with van der Waals surface area (Å²) in [4.78, 5) is 36.8. The van der Waals surface area contributed by atoms with Crippen LogP contribution in [0.5, 0.6) is 0 Å². The molecule has 0 bridgehead atoms. The fraction of sp³-hybridized carbons (Fsp3) is 0.105. The van der Waals surface area contributed by atoms with Crippen molar-refractivity contribution in [2.24, 2.45) is 7.05 Å². The summed E-state index contributed by atoms with van der Waals surface area (Å²) in [6.45, 7) is 1.39. The molecule has 0 unspecified atom stereocenters. The zero-order chi connectivity index (χ0) is 18.1. The number of Topliss-reactive ketones (excluding diaryl/α,β-unsaturated/α-hetero) is 1. The Kier molecular flexibility index (Phi) is 4.19. The molecule has 1 N–H and O–H groups in total. The molecule has 126 valence electrons. The number of pyridine rings is 1. The molecule has 0 spiro atoms. The van der Waals surface area contributed by atoms with Crippen LogP contribution in [-0.4, -0.2) is 16.3 Å². The van der Waals surface area contributed by atoms with Crippen LogP contribution in [0.25, 0.3) is 10.9 Å². The average Bonchev–Trinajstić information content (AvgIpc) is 2.58. The van der Waals surface area contributed by atoms with Crippen molar-refractivity contribution < 1.29 is 14.0 Å². The molecule has 0 saturated carbocycles. The van der Waals surface area contributed by atoms with Crippen LogP contribution in [0.4, 0.5) is 10.1 Å². The molecule has 0 aliphatic carbocycles. The van der Waals surface area contributed by atoms with E-state index in [1.807, 2.05) is 0 Å². The molecule has 0 aliphatic rings. The van der Waals surface area contributed by atoms with Gasteiger partial charge in [-0.05, 0) is 37.3 Å². The first-order chi connectivity index (χ1) is 11.9. The minimum absolute atomic E-state index is 0.120. The Morgan fingerprint density at radius 2 is 1.80 bits per heavy atom. The van der Waals surface area contributed by atoms with Crippen LogP contribution in [-0.2, 0) is 7.05 Å². The Bertz CT molecular complexity index is 1070. The fourth-order valence-electron chi connectivity index (χ4n) is 2.72. The molecular weight excluding hydrogens is 323 g/mol. The fourth-order valence-corrected chi connectivity index (χ4v) is 2.72. The molecule has 1 amide bonds. The summed E-state index contributed by atoms with van der Waals surface area (Å²) >= 11 is 0. The number of ketones is 1. The summed E-state index contributed by atoms with van der Waals surface area (Å²) in [5.74, 6) is -1.41. The standard InChI is InChI=1S/C19H15FN2O3/c1-11(23)13-5-3-4-6-16(13)21-19(25)15-10-22(2)17-8-7-12(20)9-14(17)18(15)24/h3-10H,1-2H3,(H,21,25). The number of para-hydroxylation sites is 1. The lowest BCUT2D eigenvalue weighted by Crippen LogP contribution is -2.24.